The van der Waals surface area contributed by atoms with Gasteiger partial charge in [-0.15, -0.1) is 11.3 Å². The quantitative estimate of drug-likeness (QED) is 0.298. The van der Waals surface area contributed by atoms with Crippen molar-refractivity contribution < 1.29 is 4.79 Å². The molecule has 0 aliphatic heterocycles. The standard InChI is InChI=1S/C23H20ClN3O2S2/c24-18-8-6-17(7-9-18)14-25-20(28)15-31-23-26-19-11-13-30-21(19)22(29)27(23)12-10-16-4-2-1-3-5-16/h1-9,11,13H,10,12,14-15H2,(H,25,28). The predicted octanol–water partition coefficient (Wildman–Crippen LogP) is 4.76. The van der Waals surface area contributed by atoms with Crippen molar-refractivity contribution in [1.82, 2.24) is 14.9 Å². The van der Waals surface area contributed by atoms with Gasteiger partial charge in [0.05, 0.1) is 11.3 Å². The molecule has 1 N–H and O–H groups in total. The summed E-state index contributed by atoms with van der Waals surface area (Å²) in [6.45, 7) is 0.937. The first-order chi connectivity index (χ1) is 15.1. The summed E-state index contributed by atoms with van der Waals surface area (Å²) < 4.78 is 2.33. The highest BCUT2D eigenvalue weighted by Crippen LogP contribution is 2.21. The molecule has 2 aromatic carbocycles. The number of amides is 1. The Morgan fingerprint density at radius 3 is 2.61 bits per heavy atom. The number of benzene rings is 2. The van der Waals surface area contributed by atoms with Gasteiger partial charge in [0.2, 0.25) is 5.91 Å². The Morgan fingerprint density at radius 1 is 1.06 bits per heavy atom. The van der Waals surface area contributed by atoms with Gasteiger partial charge in [0.15, 0.2) is 5.16 Å². The average Bonchev–Trinajstić information content (AvgIpc) is 3.26. The number of hydrogen-bond donors (Lipinski definition) is 1. The molecule has 1 amide bonds. The largest absolute Gasteiger partial charge is 0.351 e. The van der Waals surface area contributed by atoms with E-state index in [0.29, 0.717) is 33.5 Å². The van der Waals surface area contributed by atoms with E-state index in [1.807, 2.05) is 53.9 Å². The van der Waals surface area contributed by atoms with Crippen molar-refractivity contribution in [2.75, 3.05) is 5.75 Å². The van der Waals surface area contributed by atoms with Gasteiger partial charge >= 0.3 is 0 Å². The molecule has 0 atom stereocenters. The normalized spacial score (nSPS) is 11.0. The van der Waals surface area contributed by atoms with Gasteiger partial charge in [0.1, 0.15) is 4.70 Å². The van der Waals surface area contributed by atoms with Gasteiger partial charge in [0.25, 0.3) is 5.56 Å². The molecular formula is C23H20ClN3O2S2. The molecule has 5 nitrogen and oxygen atoms in total. The maximum atomic E-state index is 13.0. The Hall–Kier alpha value is -2.61. The zero-order valence-corrected chi connectivity index (χ0v) is 19.0. The van der Waals surface area contributed by atoms with Gasteiger partial charge in [-0.2, -0.15) is 0 Å². The summed E-state index contributed by atoms with van der Waals surface area (Å²) in [4.78, 5) is 30.0. The fourth-order valence-electron chi connectivity index (χ4n) is 3.10. The summed E-state index contributed by atoms with van der Waals surface area (Å²) >= 11 is 8.57. The van der Waals surface area contributed by atoms with Crippen LogP contribution in [0.2, 0.25) is 5.02 Å². The fourth-order valence-corrected chi connectivity index (χ4v) is 4.86. The number of rotatable bonds is 8. The minimum absolute atomic E-state index is 0.0556. The summed E-state index contributed by atoms with van der Waals surface area (Å²) in [6, 6.07) is 19.2. The molecule has 0 saturated carbocycles. The van der Waals surface area contributed by atoms with Crippen molar-refractivity contribution in [2.24, 2.45) is 0 Å². The number of nitrogens with one attached hydrogen (secondary N) is 1. The van der Waals surface area contributed by atoms with Gasteiger partial charge in [0, 0.05) is 18.1 Å². The van der Waals surface area contributed by atoms with E-state index in [-0.39, 0.29) is 17.2 Å². The molecule has 8 heteroatoms. The average molecular weight is 470 g/mol. The molecular weight excluding hydrogens is 450 g/mol. The van der Waals surface area contributed by atoms with E-state index in [4.69, 9.17) is 11.6 Å². The predicted molar refractivity (Wildman–Crippen MR) is 128 cm³/mol. The van der Waals surface area contributed by atoms with E-state index in [0.717, 1.165) is 17.5 Å². The molecule has 0 unspecified atom stereocenters. The van der Waals surface area contributed by atoms with Crippen LogP contribution in [0.5, 0.6) is 0 Å². The number of aryl methyl sites for hydroxylation is 1. The van der Waals surface area contributed by atoms with Crippen LogP contribution in [0.3, 0.4) is 0 Å². The molecule has 0 saturated heterocycles. The molecule has 2 heterocycles. The van der Waals surface area contributed by atoms with E-state index in [1.165, 1.54) is 23.1 Å². The van der Waals surface area contributed by atoms with Gasteiger partial charge in [-0.3, -0.25) is 14.2 Å². The van der Waals surface area contributed by atoms with Gasteiger partial charge in [-0.25, -0.2) is 4.98 Å². The third-order valence-corrected chi connectivity index (χ3v) is 6.85. The van der Waals surface area contributed by atoms with E-state index in [9.17, 15) is 9.59 Å². The summed E-state index contributed by atoms with van der Waals surface area (Å²) in [6.07, 6.45) is 0.718. The Labute approximate surface area is 193 Å². The summed E-state index contributed by atoms with van der Waals surface area (Å²) in [7, 11) is 0. The lowest BCUT2D eigenvalue weighted by Gasteiger charge is -2.12. The minimum atomic E-state index is -0.116. The fraction of sp³-hybridized carbons (Fsp3) is 0.174. The summed E-state index contributed by atoms with van der Waals surface area (Å²) in [5.74, 6) is 0.0651. The second-order valence-corrected chi connectivity index (χ2v) is 9.21. The first-order valence-electron chi connectivity index (χ1n) is 9.76. The van der Waals surface area contributed by atoms with Gasteiger partial charge in [-0.05, 0) is 41.1 Å². The maximum absolute atomic E-state index is 13.0. The summed E-state index contributed by atoms with van der Waals surface area (Å²) in [5.41, 5.74) is 2.74. The third-order valence-electron chi connectivity index (χ3n) is 4.73. The van der Waals surface area contributed by atoms with Crippen LogP contribution in [-0.4, -0.2) is 21.2 Å². The molecule has 0 bridgehead atoms. The summed E-state index contributed by atoms with van der Waals surface area (Å²) in [5, 5.41) is 5.99. The van der Waals surface area contributed by atoms with Crippen molar-refractivity contribution in [3.05, 3.63) is 92.5 Å². The lowest BCUT2D eigenvalue weighted by atomic mass is 10.1. The highest BCUT2D eigenvalue weighted by Gasteiger charge is 2.14. The van der Waals surface area contributed by atoms with Crippen LogP contribution < -0.4 is 10.9 Å². The molecule has 2 aromatic heterocycles. The smallest absolute Gasteiger partial charge is 0.272 e. The van der Waals surface area contributed by atoms with Crippen LogP contribution in [-0.2, 0) is 24.3 Å². The number of halogens is 1. The SMILES string of the molecule is O=C(CSc1nc2ccsc2c(=O)n1CCc1ccccc1)NCc1ccc(Cl)cc1. The van der Waals surface area contributed by atoms with Crippen LogP contribution in [0.4, 0.5) is 0 Å². The molecule has 158 valence electrons. The lowest BCUT2D eigenvalue weighted by molar-refractivity contribution is -0.118. The highest BCUT2D eigenvalue weighted by molar-refractivity contribution is 7.99. The lowest BCUT2D eigenvalue weighted by Crippen LogP contribution is -2.27. The first kappa shape index (κ1) is 21.6. The Morgan fingerprint density at radius 2 is 1.84 bits per heavy atom. The molecule has 0 aliphatic rings. The number of fused-ring (bicyclic) bond motifs is 1. The highest BCUT2D eigenvalue weighted by atomic mass is 35.5. The Kier molecular flexibility index (Phi) is 7.06. The maximum Gasteiger partial charge on any atom is 0.272 e. The number of aromatic nitrogens is 2. The number of hydrogen-bond acceptors (Lipinski definition) is 5. The van der Waals surface area contributed by atoms with Crippen LogP contribution in [0.25, 0.3) is 10.2 Å². The van der Waals surface area contributed by atoms with Crippen LogP contribution in [0, 0.1) is 0 Å². The van der Waals surface area contributed by atoms with Crippen molar-refractivity contribution >= 4 is 50.8 Å². The monoisotopic (exact) mass is 469 g/mol. The topological polar surface area (TPSA) is 64.0 Å². The third kappa shape index (κ3) is 5.55. The van der Waals surface area contributed by atoms with Crippen molar-refractivity contribution in [3.8, 4) is 0 Å². The number of nitrogens with zero attached hydrogens (tertiary/aromatic N) is 2. The van der Waals surface area contributed by atoms with E-state index in [1.54, 1.807) is 16.7 Å². The number of carbonyl (C=O) groups excluding carboxylic acids is 1. The molecule has 0 radical (unpaired) electrons. The second-order valence-electron chi connectivity index (χ2n) is 6.91. The Balaban J connectivity index is 1.46. The number of thioether (sulfide) groups is 1. The minimum Gasteiger partial charge on any atom is -0.351 e. The van der Waals surface area contributed by atoms with Gasteiger partial charge in [-0.1, -0.05) is 65.8 Å². The molecule has 31 heavy (non-hydrogen) atoms. The van der Waals surface area contributed by atoms with Crippen LogP contribution in [0.1, 0.15) is 11.1 Å². The van der Waals surface area contributed by atoms with Gasteiger partial charge < -0.3 is 5.32 Å². The molecule has 0 spiro atoms. The molecule has 4 aromatic rings. The van der Waals surface area contributed by atoms with Crippen molar-refractivity contribution in [3.63, 3.8) is 0 Å². The molecule has 4 rings (SSSR count). The van der Waals surface area contributed by atoms with Crippen LogP contribution in [0.15, 0.2) is 76.0 Å². The zero-order chi connectivity index (χ0) is 21.6. The zero-order valence-electron chi connectivity index (χ0n) is 16.6. The Bertz CT molecular complexity index is 1240. The van der Waals surface area contributed by atoms with E-state index >= 15 is 0 Å². The number of carbonyl (C=O) groups is 1. The van der Waals surface area contributed by atoms with Crippen molar-refractivity contribution in [2.45, 2.75) is 24.7 Å². The number of thiophene rings is 1. The molecule has 0 aliphatic carbocycles. The van der Waals surface area contributed by atoms with Crippen molar-refractivity contribution in [1.29, 1.82) is 0 Å². The van der Waals surface area contributed by atoms with E-state index in [2.05, 4.69) is 10.3 Å². The molecule has 0 fully saturated rings. The second kappa shape index (κ2) is 10.1. The van der Waals surface area contributed by atoms with Crippen LogP contribution >= 0.6 is 34.7 Å². The van der Waals surface area contributed by atoms with E-state index < -0.39 is 0 Å². The first-order valence-corrected chi connectivity index (χ1v) is 12.0.